The van der Waals surface area contributed by atoms with Crippen molar-refractivity contribution in [2.24, 2.45) is 0 Å². The van der Waals surface area contributed by atoms with Crippen molar-refractivity contribution in [3.63, 3.8) is 0 Å². The summed E-state index contributed by atoms with van der Waals surface area (Å²) in [5, 5.41) is 2.96. The first kappa shape index (κ1) is 13.2. The van der Waals surface area contributed by atoms with Crippen molar-refractivity contribution in [2.75, 3.05) is 19.5 Å². The summed E-state index contributed by atoms with van der Waals surface area (Å²) in [4.78, 5) is 12.7. The standard InChI is InChI=1S/C13H16N4O2/c1-9-4-5-10(7-15-9)19-13-6-11(14-2)16-12(17-13)8-18-3/h4-7H,8H2,1-3H3,(H,14,16,17). The van der Waals surface area contributed by atoms with Crippen LogP contribution in [0.1, 0.15) is 11.5 Å². The second kappa shape index (κ2) is 6.10. The summed E-state index contributed by atoms with van der Waals surface area (Å²) in [6.07, 6.45) is 1.66. The Morgan fingerprint density at radius 1 is 1.26 bits per heavy atom. The lowest BCUT2D eigenvalue weighted by Crippen LogP contribution is -2.03. The summed E-state index contributed by atoms with van der Waals surface area (Å²) in [5.74, 6) is 2.33. The van der Waals surface area contributed by atoms with Crippen molar-refractivity contribution in [3.8, 4) is 11.6 Å². The molecular formula is C13H16N4O2. The number of methoxy groups -OCH3 is 1. The zero-order chi connectivity index (χ0) is 13.7. The minimum absolute atomic E-state index is 0.331. The van der Waals surface area contributed by atoms with Crippen molar-refractivity contribution in [1.29, 1.82) is 0 Å². The van der Waals surface area contributed by atoms with Gasteiger partial charge in [-0.05, 0) is 19.1 Å². The van der Waals surface area contributed by atoms with Gasteiger partial charge in [0, 0.05) is 25.9 Å². The Hall–Kier alpha value is -2.21. The molecule has 0 aliphatic heterocycles. The Balaban J connectivity index is 2.23. The summed E-state index contributed by atoms with van der Waals surface area (Å²) in [6, 6.07) is 5.45. The topological polar surface area (TPSA) is 69.2 Å². The zero-order valence-corrected chi connectivity index (χ0v) is 11.2. The fourth-order valence-electron chi connectivity index (χ4n) is 1.48. The van der Waals surface area contributed by atoms with Gasteiger partial charge in [-0.15, -0.1) is 0 Å². The van der Waals surface area contributed by atoms with E-state index in [1.54, 1.807) is 26.4 Å². The quantitative estimate of drug-likeness (QED) is 0.888. The second-order valence-corrected chi connectivity index (χ2v) is 3.93. The van der Waals surface area contributed by atoms with Crippen LogP contribution in [-0.2, 0) is 11.3 Å². The number of nitrogens with zero attached hydrogens (tertiary/aromatic N) is 3. The van der Waals surface area contributed by atoms with Crippen LogP contribution in [0.2, 0.25) is 0 Å². The zero-order valence-electron chi connectivity index (χ0n) is 11.2. The average molecular weight is 260 g/mol. The van der Waals surface area contributed by atoms with Gasteiger partial charge < -0.3 is 14.8 Å². The Morgan fingerprint density at radius 2 is 2.11 bits per heavy atom. The number of hydrogen-bond acceptors (Lipinski definition) is 6. The monoisotopic (exact) mass is 260 g/mol. The van der Waals surface area contributed by atoms with E-state index in [2.05, 4.69) is 20.3 Å². The average Bonchev–Trinajstić information content (AvgIpc) is 2.41. The highest BCUT2D eigenvalue weighted by molar-refractivity contribution is 5.39. The lowest BCUT2D eigenvalue weighted by Gasteiger charge is -2.08. The Labute approximate surface area is 111 Å². The minimum atomic E-state index is 0.331. The molecule has 0 saturated carbocycles. The van der Waals surface area contributed by atoms with Crippen molar-refractivity contribution >= 4 is 5.82 Å². The van der Waals surface area contributed by atoms with Gasteiger partial charge in [0.2, 0.25) is 5.88 Å². The van der Waals surface area contributed by atoms with Gasteiger partial charge in [0.15, 0.2) is 5.82 Å². The molecule has 0 amide bonds. The van der Waals surface area contributed by atoms with E-state index in [0.29, 0.717) is 29.9 Å². The second-order valence-electron chi connectivity index (χ2n) is 3.93. The molecule has 2 rings (SSSR count). The lowest BCUT2D eigenvalue weighted by atomic mass is 10.4. The molecule has 100 valence electrons. The molecule has 0 bridgehead atoms. The highest BCUT2D eigenvalue weighted by Crippen LogP contribution is 2.21. The summed E-state index contributed by atoms with van der Waals surface area (Å²) in [6.45, 7) is 2.25. The predicted octanol–water partition coefficient (Wildman–Crippen LogP) is 2.16. The molecule has 0 atom stereocenters. The molecule has 6 heteroatoms. The number of hydrogen-bond donors (Lipinski definition) is 1. The van der Waals surface area contributed by atoms with Crippen LogP contribution in [-0.4, -0.2) is 29.1 Å². The molecule has 1 N–H and O–H groups in total. The van der Waals surface area contributed by atoms with E-state index >= 15 is 0 Å². The summed E-state index contributed by atoms with van der Waals surface area (Å²) < 4.78 is 10.7. The maximum atomic E-state index is 5.65. The van der Waals surface area contributed by atoms with E-state index < -0.39 is 0 Å². The van der Waals surface area contributed by atoms with Gasteiger partial charge in [-0.1, -0.05) is 0 Å². The van der Waals surface area contributed by atoms with Gasteiger partial charge in [0.05, 0.1) is 6.20 Å². The van der Waals surface area contributed by atoms with Crippen molar-refractivity contribution in [1.82, 2.24) is 15.0 Å². The van der Waals surface area contributed by atoms with Crippen molar-refractivity contribution in [2.45, 2.75) is 13.5 Å². The molecule has 0 saturated heterocycles. The van der Waals surface area contributed by atoms with Crippen LogP contribution in [0.3, 0.4) is 0 Å². The molecule has 0 aliphatic rings. The SMILES string of the molecule is CNc1cc(Oc2ccc(C)nc2)nc(COC)n1. The van der Waals surface area contributed by atoms with Crippen molar-refractivity contribution < 1.29 is 9.47 Å². The smallest absolute Gasteiger partial charge is 0.224 e. The van der Waals surface area contributed by atoms with Gasteiger partial charge in [-0.3, -0.25) is 4.98 Å². The summed E-state index contributed by atoms with van der Waals surface area (Å²) in [5.41, 5.74) is 0.936. The molecule has 2 aromatic heterocycles. The normalized spacial score (nSPS) is 10.3. The number of rotatable bonds is 5. The van der Waals surface area contributed by atoms with Gasteiger partial charge in [-0.2, -0.15) is 4.98 Å². The molecule has 0 spiro atoms. The van der Waals surface area contributed by atoms with Crippen LogP contribution < -0.4 is 10.1 Å². The number of anilines is 1. The summed E-state index contributed by atoms with van der Waals surface area (Å²) >= 11 is 0. The Morgan fingerprint density at radius 3 is 2.74 bits per heavy atom. The molecule has 0 fully saturated rings. The third kappa shape index (κ3) is 3.62. The van der Waals surface area contributed by atoms with Gasteiger partial charge >= 0.3 is 0 Å². The van der Waals surface area contributed by atoms with E-state index in [1.165, 1.54) is 0 Å². The van der Waals surface area contributed by atoms with Crippen LogP contribution in [0.25, 0.3) is 0 Å². The molecule has 0 unspecified atom stereocenters. The third-order valence-corrected chi connectivity index (χ3v) is 2.39. The molecule has 0 aliphatic carbocycles. The molecule has 6 nitrogen and oxygen atoms in total. The van der Waals surface area contributed by atoms with Crippen LogP contribution in [0, 0.1) is 6.92 Å². The van der Waals surface area contributed by atoms with Gasteiger partial charge in [0.25, 0.3) is 0 Å². The number of nitrogens with one attached hydrogen (secondary N) is 1. The lowest BCUT2D eigenvalue weighted by molar-refractivity contribution is 0.177. The Kier molecular flexibility index (Phi) is 4.25. The number of ether oxygens (including phenoxy) is 2. The first-order valence-electron chi connectivity index (χ1n) is 5.86. The maximum Gasteiger partial charge on any atom is 0.224 e. The van der Waals surface area contributed by atoms with Crippen molar-refractivity contribution in [3.05, 3.63) is 35.9 Å². The summed E-state index contributed by atoms with van der Waals surface area (Å²) in [7, 11) is 3.38. The van der Waals surface area contributed by atoms with Gasteiger partial charge in [-0.25, -0.2) is 4.98 Å². The number of aryl methyl sites for hydroxylation is 1. The highest BCUT2D eigenvalue weighted by Gasteiger charge is 2.06. The van der Waals surface area contributed by atoms with E-state index in [0.717, 1.165) is 5.69 Å². The molecular weight excluding hydrogens is 244 g/mol. The minimum Gasteiger partial charge on any atom is -0.437 e. The van der Waals surface area contributed by atoms with E-state index in [1.807, 2.05) is 19.1 Å². The Bertz CT molecular complexity index is 543. The predicted molar refractivity (Wildman–Crippen MR) is 71.3 cm³/mol. The fraction of sp³-hybridized carbons (Fsp3) is 0.308. The van der Waals surface area contributed by atoms with E-state index in [9.17, 15) is 0 Å². The number of pyridine rings is 1. The van der Waals surface area contributed by atoms with Crippen LogP contribution >= 0.6 is 0 Å². The maximum absolute atomic E-state index is 5.65. The van der Waals surface area contributed by atoms with Crippen LogP contribution in [0.15, 0.2) is 24.4 Å². The highest BCUT2D eigenvalue weighted by atomic mass is 16.5. The molecule has 2 heterocycles. The first-order valence-corrected chi connectivity index (χ1v) is 5.86. The molecule has 0 radical (unpaired) electrons. The largest absolute Gasteiger partial charge is 0.437 e. The van der Waals surface area contributed by atoms with E-state index in [-0.39, 0.29) is 0 Å². The third-order valence-electron chi connectivity index (χ3n) is 2.39. The molecule has 2 aromatic rings. The van der Waals surface area contributed by atoms with Crippen LogP contribution in [0.5, 0.6) is 11.6 Å². The first-order chi connectivity index (χ1) is 9.21. The van der Waals surface area contributed by atoms with E-state index in [4.69, 9.17) is 9.47 Å². The van der Waals surface area contributed by atoms with Gasteiger partial charge in [0.1, 0.15) is 18.2 Å². The number of aromatic nitrogens is 3. The van der Waals surface area contributed by atoms with Crippen LogP contribution in [0.4, 0.5) is 5.82 Å². The fourth-order valence-corrected chi connectivity index (χ4v) is 1.48. The molecule has 0 aromatic carbocycles. The molecule has 19 heavy (non-hydrogen) atoms.